The van der Waals surface area contributed by atoms with E-state index in [1.165, 1.54) is 11.3 Å². The minimum atomic E-state index is -0.304. The van der Waals surface area contributed by atoms with Gasteiger partial charge in [0.25, 0.3) is 5.56 Å². The van der Waals surface area contributed by atoms with Crippen molar-refractivity contribution in [1.82, 2.24) is 15.4 Å². The van der Waals surface area contributed by atoms with Gasteiger partial charge in [0.2, 0.25) is 5.91 Å². The summed E-state index contributed by atoms with van der Waals surface area (Å²) in [7, 11) is 0. The van der Waals surface area contributed by atoms with Gasteiger partial charge < -0.3 is 4.98 Å². The normalized spacial score (nSPS) is 11.8. The Morgan fingerprint density at radius 2 is 1.97 bits per heavy atom. The second-order valence-corrected chi connectivity index (χ2v) is 8.27. The first-order valence-electron chi connectivity index (χ1n) is 9.89. The standard InChI is InChI=1S/C22H26N4O2S/c1-4-5-7-12-17(16-10-8-6-9-11-16)25-26-19(27)13-18-23-21(28)20-14(2)15(3)29-22(20)24-18/h6,8-11H,4-5,7,12-13H2,1-3H3,(H,26,27)(H,23,24,28)/b25-17-. The van der Waals surface area contributed by atoms with Gasteiger partial charge in [-0.3, -0.25) is 9.59 Å². The van der Waals surface area contributed by atoms with E-state index in [9.17, 15) is 9.59 Å². The van der Waals surface area contributed by atoms with Crippen LogP contribution in [0, 0.1) is 13.8 Å². The van der Waals surface area contributed by atoms with Gasteiger partial charge in [-0.25, -0.2) is 10.4 Å². The van der Waals surface area contributed by atoms with Crippen LogP contribution in [0.15, 0.2) is 40.2 Å². The number of unbranched alkanes of at least 4 members (excludes halogenated alkanes) is 2. The maximum Gasteiger partial charge on any atom is 0.259 e. The predicted octanol–water partition coefficient (Wildman–Crippen LogP) is 4.24. The molecule has 1 amide bonds. The Hall–Kier alpha value is -2.80. The largest absolute Gasteiger partial charge is 0.309 e. The minimum absolute atomic E-state index is 0.0261. The van der Waals surface area contributed by atoms with Gasteiger partial charge in [-0.2, -0.15) is 5.10 Å². The summed E-state index contributed by atoms with van der Waals surface area (Å²) in [5.74, 6) is 0.0464. The Morgan fingerprint density at radius 3 is 2.69 bits per heavy atom. The number of hydrogen-bond donors (Lipinski definition) is 2. The van der Waals surface area contributed by atoms with E-state index in [-0.39, 0.29) is 17.9 Å². The van der Waals surface area contributed by atoms with Crippen LogP contribution in [0.3, 0.4) is 0 Å². The number of fused-ring (bicyclic) bond motifs is 1. The molecule has 3 aromatic rings. The highest BCUT2D eigenvalue weighted by molar-refractivity contribution is 7.18. The van der Waals surface area contributed by atoms with Crippen LogP contribution in [0.1, 0.15) is 54.4 Å². The molecule has 0 aliphatic carbocycles. The van der Waals surface area contributed by atoms with Crippen LogP contribution in [-0.4, -0.2) is 21.6 Å². The molecule has 6 nitrogen and oxygen atoms in total. The number of nitrogens with zero attached hydrogens (tertiary/aromatic N) is 2. The SMILES string of the molecule is CCCCC/C(=N/NC(=O)Cc1nc2sc(C)c(C)c2c(=O)[nH]1)c1ccccc1. The molecule has 0 fully saturated rings. The third-order valence-electron chi connectivity index (χ3n) is 4.86. The fourth-order valence-corrected chi connectivity index (χ4v) is 4.19. The molecular weight excluding hydrogens is 384 g/mol. The molecule has 0 atom stereocenters. The third-order valence-corrected chi connectivity index (χ3v) is 5.96. The summed E-state index contributed by atoms with van der Waals surface area (Å²) in [4.78, 5) is 33.7. The Kier molecular flexibility index (Phi) is 6.93. The number of aromatic nitrogens is 2. The van der Waals surface area contributed by atoms with Gasteiger partial charge in [0, 0.05) is 4.88 Å². The van der Waals surface area contributed by atoms with Crippen LogP contribution in [0.4, 0.5) is 0 Å². The topological polar surface area (TPSA) is 87.2 Å². The molecule has 0 saturated carbocycles. The van der Waals surface area contributed by atoms with Crippen LogP contribution in [0.2, 0.25) is 0 Å². The first-order chi connectivity index (χ1) is 14.0. The Bertz CT molecular complexity index is 1080. The number of hydrazone groups is 1. The van der Waals surface area contributed by atoms with Crippen LogP contribution in [0.25, 0.3) is 10.2 Å². The van der Waals surface area contributed by atoms with Crippen molar-refractivity contribution in [2.75, 3.05) is 0 Å². The maximum atomic E-state index is 12.4. The number of benzene rings is 1. The Balaban J connectivity index is 1.74. The average molecular weight is 411 g/mol. The molecule has 2 N–H and O–H groups in total. The van der Waals surface area contributed by atoms with Crippen molar-refractivity contribution in [2.45, 2.75) is 52.9 Å². The molecule has 0 unspecified atom stereocenters. The summed E-state index contributed by atoms with van der Waals surface area (Å²) < 4.78 is 0. The van der Waals surface area contributed by atoms with E-state index < -0.39 is 0 Å². The summed E-state index contributed by atoms with van der Waals surface area (Å²) in [6, 6.07) is 9.86. The van der Waals surface area contributed by atoms with E-state index in [4.69, 9.17) is 0 Å². The number of nitrogens with one attached hydrogen (secondary N) is 2. The van der Waals surface area contributed by atoms with Crippen LogP contribution < -0.4 is 11.0 Å². The van der Waals surface area contributed by atoms with Crippen molar-refractivity contribution in [2.24, 2.45) is 5.10 Å². The Morgan fingerprint density at radius 1 is 1.21 bits per heavy atom. The number of hydrogen-bond acceptors (Lipinski definition) is 5. The summed E-state index contributed by atoms with van der Waals surface area (Å²) in [5.41, 5.74) is 5.23. The van der Waals surface area contributed by atoms with Gasteiger partial charge >= 0.3 is 0 Å². The minimum Gasteiger partial charge on any atom is -0.309 e. The highest BCUT2D eigenvalue weighted by Crippen LogP contribution is 2.25. The molecule has 0 bridgehead atoms. The summed E-state index contributed by atoms with van der Waals surface area (Å²) >= 11 is 1.47. The molecule has 152 valence electrons. The summed E-state index contributed by atoms with van der Waals surface area (Å²) in [6.07, 6.45) is 4.03. The molecule has 3 rings (SSSR count). The molecule has 0 spiro atoms. The maximum absolute atomic E-state index is 12.4. The number of thiophene rings is 1. The molecule has 0 aliphatic rings. The first kappa shape index (κ1) is 20.9. The number of amides is 1. The zero-order valence-corrected chi connectivity index (χ0v) is 17.9. The second-order valence-electron chi connectivity index (χ2n) is 7.07. The number of rotatable bonds is 8. The monoisotopic (exact) mass is 410 g/mol. The van der Waals surface area contributed by atoms with Crippen molar-refractivity contribution in [3.63, 3.8) is 0 Å². The fraction of sp³-hybridized carbons (Fsp3) is 0.364. The van der Waals surface area contributed by atoms with Gasteiger partial charge in [-0.15, -0.1) is 11.3 Å². The third kappa shape index (κ3) is 5.17. The van der Waals surface area contributed by atoms with E-state index in [0.29, 0.717) is 16.0 Å². The number of carbonyl (C=O) groups is 1. The van der Waals surface area contributed by atoms with Crippen molar-refractivity contribution in [1.29, 1.82) is 0 Å². The lowest BCUT2D eigenvalue weighted by atomic mass is 10.0. The fourth-order valence-electron chi connectivity index (χ4n) is 3.14. The van der Waals surface area contributed by atoms with Crippen molar-refractivity contribution < 1.29 is 4.79 Å². The van der Waals surface area contributed by atoms with Crippen molar-refractivity contribution in [3.05, 3.63) is 62.5 Å². The lowest BCUT2D eigenvalue weighted by Crippen LogP contribution is -2.24. The number of carbonyl (C=O) groups excluding carboxylic acids is 1. The van der Waals surface area contributed by atoms with Crippen LogP contribution in [-0.2, 0) is 11.2 Å². The summed E-state index contributed by atoms with van der Waals surface area (Å²) in [5, 5.41) is 4.97. The molecule has 0 radical (unpaired) electrons. The smallest absolute Gasteiger partial charge is 0.259 e. The molecule has 0 aliphatic heterocycles. The average Bonchev–Trinajstić information content (AvgIpc) is 2.99. The van der Waals surface area contributed by atoms with Gasteiger partial charge in [-0.1, -0.05) is 50.1 Å². The van der Waals surface area contributed by atoms with Crippen molar-refractivity contribution in [3.8, 4) is 0 Å². The molecular formula is C22H26N4O2S. The number of H-pyrrole nitrogens is 1. The molecule has 29 heavy (non-hydrogen) atoms. The number of aromatic amines is 1. The first-order valence-corrected chi connectivity index (χ1v) is 10.7. The van der Waals surface area contributed by atoms with Crippen LogP contribution >= 0.6 is 11.3 Å². The predicted molar refractivity (Wildman–Crippen MR) is 119 cm³/mol. The van der Waals surface area contributed by atoms with E-state index in [1.807, 2.05) is 44.2 Å². The van der Waals surface area contributed by atoms with Gasteiger partial charge in [-0.05, 0) is 37.8 Å². The van der Waals surface area contributed by atoms with E-state index >= 15 is 0 Å². The number of aryl methyl sites for hydroxylation is 2. The second kappa shape index (κ2) is 9.60. The highest BCUT2D eigenvalue weighted by atomic mass is 32.1. The molecule has 2 heterocycles. The van der Waals surface area contributed by atoms with E-state index in [0.717, 1.165) is 47.4 Å². The van der Waals surface area contributed by atoms with Crippen LogP contribution in [0.5, 0.6) is 0 Å². The van der Waals surface area contributed by atoms with Gasteiger partial charge in [0.15, 0.2) is 0 Å². The van der Waals surface area contributed by atoms with E-state index in [2.05, 4.69) is 27.4 Å². The zero-order chi connectivity index (χ0) is 20.8. The quantitative estimate of drug-likeness (QED) is 0.331. The lowest BCUT2D eigenvalue weighted by molar-refractivity contribution is -0.120. The van der Waals surface area contributed by atoms with E-state index in [1.54, 1.807) is 0 Å². The lowest BCUT2D eigenvalue weighted by Gasteiger charge is -2.07. The molecule has 7 heteroatoms. The van der Waals surface area contributed by atoms with Gasteiger partial charge in [0.05, 0.1) is 17.5 Å². The molecule has 2 aromatic heterocycles. The molecule has 0 saturated heterocycles. The summed E-state index contributed by atoms with van der Waals surface area (Å²) in [6.45, 7) is 6.03. The highest BCUT2D eigenvalue weighted by Gasteiger charge is 2.14. The van der Waals surface area contributed by atoms with Crippen molar-refractivity contribution >= 4 is 33.2 Å². The zero-order valence-electron chi connectivity index (χ0n) is 17.0. The Labute approximate surface area is 174 Å². The molecule has 1 aromatic carbocycles. The van der Waals surface area contributed by atoms with Gasteiger partial charge in [0.1, 0.15) is 10.7 Å².